The first-order valence-electron chi connectivity index (χ1n) is 10.1. The van der Waals surface area contributed by atoms with Crippen LogP contribution in [0.2, 0.25) is 0 Å². The molecule has 0 bridgehead atoms. The van der Waals surface area contributed by atoms with Crippen molar-refractivity contribution in [3.05, 3.63) is 78.3 Å². The monoisotopic (exact) mass is 407 g/mol. The van der Waals surface area contributed by atoms with E-state index in [0.29, 0.717) is 18.9 Å². The molecule has 0 spiro atoms. The van der Waals surface area contributed by atoms with Crippen LogP contribution in [-0.4, -0.2) is 46.7 Å². The molecule has 0 saturated carbocycles. The number of aliphatic imine (C=N–C) groups is 1. The highest BCUT2D eigenvalue weighted by Crippen LogP contribution is 2.20. The van der Waals surface area contributed by atoms with Gasteiger partial charge in [0.1, 0.15) is 0 Å². The van der Waals surface area contributed by atoms with Crippen LogP contribution in [0.15, 0.2) is 66.3 Å². The molecule has 8 heteroatoms. The van der Waals surface area contributed by atoms with Crippen LogP contribution in [-0.2, 0) is 13.1 Å². The average Bonchev–Trinajstić information content (AvgIpc) is 3.45. The number of anilines is 1. The number of halogens is 1. The molecular weight excluding hydrogens is 381 g/mol. The van der Waals surface area contributed by atoms with Gasteiger partial charge in [-0.25, -0.2) is 14.4 Å². The summed E-state index contributed by atoms with van der Waals surface area (Å²) in [5.74, 6) is 0.878. The van der Waals surface area contributed by atoms with E-state index >= 15 is 0 Å². The number of benzene rings is 1. The SMILES string of the molecule is CN=C(NCc1ccc(Cn2ccnc2)cc1)NC1CCN(c2ncccc2F)C1. The van der Waals surface area contributed by atoms with Crippen molar-refractivity contribution < 1.29 is 4.39 Å². The van der Waals surface area contributed by atoms with Gasteiger partial charge < -0.3 is 20.1 Å². The molecule has 1 aromatic carbocycles. The maximum Gasteiger partial charge on any atom is 0.191 e. The zero-order valence-electron chi connectivity index (χ0n) is 17.0. The predicted octanol–water partition coefficient (Wildman–Crippen LogP) is 2.41. The van der Waals surface area contributed by atoms with E-state index in [1.165, 1.54) is 17.2 Å². The van der Waals surface area contributed by atoms with Gasteiger partial charge in [-0.05, 0) is 29.7 Å². The van der Waals surface area contributed by atoms with Gasteiger partial charge in [0.25, 0.3) is 0 Å². The Bertz CT molecular complexity index is 969. The Kier molecular flexibility index (Phi) is 6.22. The normalized spacial score (nSPS) is 16.7. The molecule has 4 rings (SSSR count). The number of pyridine rings is 1. The van der Waals surface area contributed by atoms with Crippen molar-refractivity contribution in [3.8, 4) is 0 Å². The molecule has 7 nitrogen and oxygen atoms in total. The summed E-state index contributed by atoms with van der Waals surface area (Å²) in [5.41, 5.74) is 2.41. The van der Waals surface area contributed by atoms with Gasteiger partial charge in [0.2, 0.25) is 0 Å². The Morgan fingerprint density at radius 1 is 1.20 bits per heavy atom. The Labute approximate surface area is 175 Å². The number of nitrogens with one attached hydrogen (secondary N) is 2. The molecule has 1 aliphatic heterocycles. The summed E-state index contributed by atoms with van der Waals surface area (Å²) in [6, 6.07) is 11.7. The van der Waals surface area contributed by atoms with Crippen molar-refractivity contribution in [3.63, 3.8) is 0 Å². The molecule has 1 saturated heterocycles. The van der Waals surface area contributed by atoms with Gasteiger partial charge in [-0.1, -0.05) is 24.3 Å². The Balaban J connectivity index is 1.27. The number of rotatable bonds is 6. The molecule has 2 aromatic heterocycles. The number of nitrogens with zero attached hydrogens (tertiary/aromatic N) is 5. The second kappa shape index (κ2) is 9.39. The molecule has 0 radical (unpaired) electrons. The fourth-order valence-electron chi connectivity index (χ4n) is 3.61. The second-order valence-electron chi connectivity index (χ2n) is 7.36. The van der Waals surface area contributed by atoms with Crippen molar-refractivity contribution in [1.29, 1.82) is 0 Å². The van der Waals surface area contributed by atoms with E-state index in [4.69, 9.17) is 0 Å². The lowest BCUT2D eigenvalue weighted by Crippen LogP contribution is -2.44. The lowest BCUT2D eigenvalue weighted by Gasteiger charge is -2.20. The third-order valence-electron chi connectivity index (χ3n) is 5.20. The molecule has 2 N–H and O–H groups in total. The lowest BCUT2D eigenvalue weighted by molar-refractivity contribution is 0.612. The Morgan fingerprint density at radius 3 is 2.77 bits per heavy atom. The Morgan fingerprint density at radius 2 is 2.03 bits per heavy atom. The van der Waals surface area contributed by atoms with Gasteiger partial charge in [-0.3, -0.25) is 4.99 Å². The van der Waals surface area contributed by atoms with Gasteiger partial charge in [-0.15, -0.1) is 0 Å². The molecule has 1 aliphatic rings. The zero-order chi connectivity index (χ0) is 20.8. The smallest absolute Gasteiger partial charge is 0.191 e. The van der Waals surface area contributed by atoms with Crippen molar-refractivity contribution >= 4 is 11.8 Å². The summed E-state index contributed by atoms with van der Waals surface area (Å²) in [6.07, 6.45) is 8.09. The van der Waals surface area contributed by atoms with Gasteiger partial charge in [0.15, 0.2) is 17.6 Å². The summed E-state index contributed by atoms with van der Waals surface area (Å²) in [6.45, 7) is 2.95. The van der Waals surface area contributed by atoms with Crippen LogP contribution in [0.4, 0.5) is 10.2 Å². The first-order valence-corrected chi connectivity index (χ1v) is 10.1. The van der Waals surface area contributed by atoms with Gasteiger partial charge in [0, 0.05) is 57.9 Å². The van der Waals surface area contributed by atoms with E-state index in [0.717, 1.165) is 25.5 Å². The van der Waals surface area contributed by atoms with Crippen molar-refractivity contribution in [2.75, 3.05) is 25.0 Å². The van der Waals surface area contributed by atoms with E-state index in [2.05, 4.69) is 49.9 Å². The molecule has 3 heterocycles. The molecule has 0 aliphatic carbocycles. The third-order valence-corrected chi connectivity index (χ3v) is 5.20. The van der Waals surface area contributed by atoms with Crippen molar-refractivity contribution in [2.45, 2.75) is 25.6 Å². The van der Waals surface area contributed by atoms with E-state index < -0.39 is 0 Å². The van der Waals surface area contributed by atoms with Crippen molar-refractivity contribution in [2.24, 2.45) is 4.99 Å². The number of aromatic nitrogens is 3. The Hall–Kier alpha value is -3.42. The predicted molar refractivity (Wildman–Crippen MR) is 116 cm³/mol. The van der Waals surface area contributed by atoms with Gasteiger partial charge in [0.05, 0.1) is 6.33 Å². The molecule has 156 valence electrons. The number of hydrogen-bond donors (Lipinski definition) is 2. The maximum absolute atomic E-state index is 14.0. The van der Waals surface area contributed by atoms with Crippen LogP contribution in [0.1, 0.15) is 17.5 Å². The highest BCUT2D eigenvalue weighted by Gasteiger charge is 2.25. The summed E-state index contributed by atoms with van der Waals surface area (Å²) < 4.78 is 16.0. The lowest BCUT2D eigenvalue weighted by atomic mass is 10.1. The first kappa shape index (κ1) is 19.9. The first-order chi connectivity index (χ1) is 14.7. The fourth-order valence-corrected chi connectivity index (χ4v) is 3.61. The molecule has 30 heavy (non-hydrogen) atoms. The number of guanidine groups is 1. The molecule has 0 amide bonds. The summed E-state index contributed by atoms with van der Waals surface area (Å²) in [5, 5.41) is 6.79. The zero-order valence-corrected chi connectivity index (χ0v) is 17.0. The molecule has 1 fully saturated rings. The minimum absolute atomic E-state index is 0.190. The third kappa shape index (κ3) is 4.94. The van der Waals surface area contributed by atoms with Gasteiger partial charge in [-0.2, -0.15) is 0 Å². The fraction of sp³-hybridized carbons (Fsp3) is 0.318. The molecule has 3 aromatic rings. The minimum Gasteiger partial charge on any atom is -0.352 e. The van der Waals surface area contributed by atoms with E-state index in [-0.39, 0.29) is 11.9 Å². The van der Waals surface area contributed by atoms with Crippen LogP contribution in [0.3, 0.4) is 0 Å². The molecule has 1 atom stereocenters. The topological polar surface area (TPSA) is 70.4 Å². The highest BCUT2D eigenvalue weighted by atomic mass is 19.1. The van der Waals surface area contributed by atoms with Crippen LogP contribution < -0.4 is 15.5 Å². The van der Waals surface area contributed by atoms with E-state index in [1.807, 2.05) is 22.0 Å². The largest absolute Gasteiger partial charge is 0.352 e. The van der Waals surface area contributed by atoms with Crippen LogP contribution in [0.25, 0.3) is 0 Å². The molecular formula is C22H26FN7. The number of imidazole rings is 1. The van der Waals surface area contributed by atoms with Crippen LogP contribution >= 0.6 is 0 Å². The summed E-state index contributed by atoms with van der Waals surface area (Å²) in [7, 11) is 1.76. The maximum atomic E-state index is 14.0. The van der Waals surface area contributed by atoms with E-state index in [9.17, 15) is 4.39 Å². The number of hydrogen-bond acceptors (Lipinski definition) is 4. The van der Waals surface area contributed by atoms with E-state index in [1.54, 1.807) is 25.5 Å². The highest BCUT2D eigenvalue weighted by molar-refractivity contribution is 5.80. The summed E-state index contributed by atoms with van der Waals surface area (Å²) >= 11 is 0. The summed E-state index contributed by atoms with van der Waals surface area (Å²) in [4.78, 5) is 14.5. The van der Waals surface area contributed by atoms with Crippen LogP contribution in [0.5, 0.6) is 0 Å². The second-order valence-corrected chi connectivity index (χ2v) is 7.36. The van der Waals surface area contributed by atoms with Gasteiger partial charge >= 0.3 is 0 Å². The van der Waals surface area contributed by atoms with Crippen molar-refractivity contribution in [1.82, 2.24) is 25.2 Å². The standard InChI is InChI=1S/C22H26FN7/c1-24-22(28-19-8-11-30(15-19)21-20(23)3-2-9-26-21)27-13-17-4-6-18(7-5-17)14-29-12-10-25-16-29/h2-7,9-10,12,16,19H,8,11,13-15H2,1H3,(H2,24,27,28). The van der Waals surface area contributed by atoms with Crippen LogP contribution in [0, 0.1) is 5.82 Å². The minimum atomic E-state index is -0.280. The quantitative estimate of drug-likeness (QED) is 0.485. The average molecular weight is 407 g/mol. The molecule has 1 unspecified atom stereocenters.